The van der Waals surface area contributed by atoms with Gasteiger partial charge in [0.2, 0.25) is 0 Å². The molecule has 2 aromatic rings. The van der Waals surface area contributed by atoms with Gasteiger partial charge in [0.05, 0.1) is 12.0 Å². The number of aryl methyl sites for hydroxylation is 1. The molecule has 1 aliphatic rings. The van der Waals surface area contributed by atoms with E-state index in [4.69, 9.17) is 5.26 Å². The molecule has 0 aliphatic heterocycles. The Morgan fingerprint density at radius 3 is 3.07 bits per heavy atom. The van der Waals surface area contributed by atoms with Crippen LogP contribution in [0.15, 0.2) is 24.3 Å². The molecule has 3 rings (SSSR count). The van der Waals surface area contributed by atoms with Crippen LogP contribution in [0.1, 0.15) is 23.6 Å². The van der Waals surface area contributed by atoms with E-state index >= 15 is 0 Å². The van der Waals surface area contributed by atoms with Crippen molar-refractivity contribution in [3.63, 3.8) is 0 Å². The van der Waals surface area contributed by atoms with Crippen LogP contribution in [0.25, 0.3) is 10.9 Å². The van der Waals surface area contributed by atoms with Gasteiger partial charge < -0.3 is 4.98 Å². The van der Waals surface area contributed by atoms with Gasteiger partial charge in [-0.1, -0.05) is 18.2 Å². The summed E-state index contributed by atoms with van der Waals surface area (Å²) in [7, 11) is 0. The highest BCUT2D eigenvalue weighted by molar-refractivity contribution is 5.86. The number of nitrogens with zero attached hydrogens (tertiary/aromatic N) is 1. The van der Waals surface area contributed by atoms with Crippen LogP contribution in [0.4, 0.5) is 0 Å². The molecule has 14 heavy (non-hydrogen) atoms. The Hall–Kier alpha value is -1.75. The van der Waals surface area contributed by atoms with E-state index in [-0.39, 0.29) is 5.92 Å². The van der Waals surface area contributed by atoms with Gasteiger partial charge in [-0.2, -0.15) is 5.26 Å². The highest BCUT2D eigenvalue weighted by Crippen LogP contribution is 2.37. The summed E-state index contributed by atoms with van der Waals surface area (Å²) in [5.41, 5.74) is 3.67. The van der Waals surface area contributed by atoms with Gasteiger partial charge in [0, 0.05) is 16.6 Å². The van der Waals surface area contributed by atoms with Crippen molar-refractivity contribution in [1.29, 1.82) is 5.26 Å². The van der Waals surface area contributed by atoms with Gasteiger partial charge in [-0.3, -0.25) is 0 Å². The van der Waals surface area contributed by atoms with E-state index in [1.54, 1.807) is 0 Å². The lowest BCUT2D eigenvalue weighted by molar-refractivity contribution is 0.822. The summed E-state index contributed by atoms with van der Waals surface area (Å²) in [4.78, 5) is 3.39. The Morgan fingerprint density at radius 2 is 2.21 bits per heavy atom. The number of hydrogen-bond donors (Lipinski definition) is 1. The van der Waals surface area contributed by atoms with Crippen molar-refractivity contribution < 1.29 is 0 Å². The Morgan fingerprint density at radius 1 is 1.36 bits per heavy atom. The largest absolute Gasteiger partial charge is 0.358 e. The zero-order valence-electron chi connectivity index (χ0n) is 7.75. The van der Waals surface area contributed by atoms with Crippen molar-refractivity contribution in [3.05, 3.63) is 35.5 Å². The quantitative estimate of drug-likeness (QED) is 0.668. The fourth-order valence-electron chi connectivity index (χ4n) is 2.38. The number of hydrogen-bond acceptors (Lipinski definition) is 1. The predicted octanol–water partition coefficient (Wildman–Crippen LogP) is 2.72. The van der Waals surface area contributed by atoms with E-state index in [9.17, 15) is 0 Å². The first-order valence-corrected chi connectivity index (χ1v) is 4.89. The standard InChI is InChI=1S/C12H10N2/c13-7-8-5-6-11-12(8)9-3-1-2-4-10(9)14-11/h1-4,8,14H,5-6H2. The molecule has 0 saturated carbocycles. The van der Waals surface area contributed by atoms with Crippen LogP contribution in [-0.2, 0) is 6.42 Å². The van der Waals surface area contributed by atoms with Crippen molar-refractivity contribution in [2.24, 2.45) is 0 Å². The second-order valence-corrected chi connectivity index (χ2v) is 3.78. The number of benzene rings is 1. The number of aromatic nitrogens is 1. The van der Waals surface area contributed by atoms with E-state index < -0.39 is 0 Å². The summed E-state index contributed by atoms with van der Waals surface area (Å²) in [5.74, 6) is 0.0983. The molecule has 0 amide bonds. The summed E-state index contributed by atoms with van der Waals surface area (Å²) >= 11 is 0. The van der Waals surface area contributed by atoms with Gasteiger partial charge in [-0.25, -0.2) is 0 Å². The molecule has 1 N–H and O–H groups in total. The Labute approximate surface area is 82.2 Å². The number of para-hydroxylation sites is 1. The first-order chi connectivity index (χ1) is 6.90. The summed E-state index contributed by atoms with van der Waals surface area (Å²) in [6.07, 6.45) is 1.99. The minimum absolute atomic E-state index is 0.0983. The summed E-state index contributed by atoms with van der Waals surface area (Å²) in [6.45, 7) is 0. The molecule has 0 bridgehead atoms. The van der Waals surface area contributed by atoms with Gasteiger partial charge in [0.25, 0.3) is 0 Å². The molecule has 68 valence electrons. The van der Waals surface area contributed by atoms with Gasteiger partial charge >= 0.3 is 0 Å². The lowest BCUT2D eigenvalue weighted by Gasteiger charge is -1.98. The minimum Gasteiger partial charge on any atom is -0.358 e. The number of aromatic amines is 1. The fraction of sp³-hybridized carbons (Fsp3) is 0.250. The molecule has 1 aromatic carbocycles. The first-order valence-electron chi connectivity index (χ1n) is 4.89. The molecule has 1 aromatic heterocycles. The zero-order valence-corrected chi connectivity index (χ0v) is 7.75. The maximum Gasteiger partial charge on any atom is 0.0740 e. The van der Waals surface area contributed by atoms with Gasteiger partial charge in [-0.05, 0) is 24.5 Å². The third-order valence-corrected chi connectivity index (χ3v) is 3.02. The summed E-state index contributed by atoms with van der Waals surface area (Å²) in [5, 5.41) is 10.3. The van der Waals surface area contributed by atoms with Crippen LogP contribution in [-0.4, -0.2) is 4.98 Å². The third-order valence-electron chi connectivity index (χ3n) is 3.02. The van der Waals surface area contributed by atoms with Crippen molar-refractivity contribution in [1.82, 2.24) is 4.98 Å². The average Bonchev–Trinajstić information content (AvgIpc) is 2.75. The number of nitrogens with one attached hydrogen (secondary N) is 1. The lowest BCUT2D eigenvalue weighted by atomic mass is 10.0. The molecular formula is C12H10N2. The molecule has 1 atom stereocenters. The second kappa shape index (κ2) is 2.62. The van der Waals surface area contributed by atoms with E-state index in [2.05, 4.69) is 23.2 Å². The SMILES string of the molecule is N#CC1CCc2[nH]c3ccccc3c21. The minimum atomic E-state index is 0.0983. The molecule has 1 heterocycles. The first kappa shape index (κ1) is 7.64. The molecule has 2 heteroatoms. The number of fused-ring (bicyclic) bond motifs is 3. The van der Waals surface area contributed by atoms with Crippen LogP contribution in [0, 0.1) is 11.3 Å². The van der Waals surface area contributed by atoms with E-state index in [1.807, 2.05) is 12.1 Å². The van der Waals surface area contributed by atoms with Crippen molar-refractivity contribution >= 4 is 10.9 Å². The third kappa shape index (κ3) is 0.843. The number of nitriles is 1. The second-order valence-electron chi connectivity index (χ2n) is 3.78. The predicted molar refractivity (Wildman–Crippen MR) is 55.0 cm³/mol. The Balaban J connectivity index is 2.36. The summed E-state index contributed by atoms with van der Waals surface area (Å²) < 4.78 is 0. The topological polar surface area (TPSA) is 39.6 Å². The monoisotopic (exact) mass is 182 g/mol. The van der Waals surface area contributed by atoms with Crippen LogP contribution in [0.2, 0.25) is 0 Å². The molecule has 0 saturated heterocycles. The number of rotatable bonds is 0. The van der Waals surface area contributed by atoms with Crippen molar-refractivity contribution in [2.45, 2.75) is 18.8 Å². The highest BCUT2D eigenvalue weighted by Gasteiger charge is 2.26. The van der Waals surface area contributed by atoms with Crippen LogP contribution in [0.5, 0.6) is 0 Å². The highest BCUT2D eigenvalue weighted by atomic mass is 14.7. The fourth-order valence-corrected chi connectivity index (χ4v) is 2.38. The van der Waals surface area contributed by atoms with Crippen LogP contribution in [0.3, 0.4) is 0 Å². The number of H-pyrrole nitrogens is 1. The van der Waals surface area contributed by atoms with Crippen LogP contribution >= 0.6 is 0 Å². The maximum atomic E-state index is 9.03. The smallest absolute Gasteiger partial charge is 0.0740 e. The van der Waals surface area contributed by atoms with Crippen molar-refractivity contribution in [3.8, 4) is 6.07 Å². The van der Waals surface area contributed by atoms with Crippen LogP contribution < -0.4 is 0 Å². The van der Waals surface area contributed by atoms with E-state index in [1.165, 1.54) is 16.6 Å². The average molecular weight is 182 g/mol. The zero-order chi connectivity index (χ0) is 9.54. The maximum absolute atomic E-state index is 9.03. The molecular weight excluding hydrogens is 172 g/mol. The van der Waals surface area contributed by atoms with Gasteiger partial charge in [0.1, 0.15) is 0 Å². The lowest BCUT2D eigenvalue weighted by Crippen LogP contribution is -1.86. The molecule has 0 spiro atoms. The molecule has 0 radical (unpaired) electrons. The Kier molecular flexibility index (Phi) is 1.43. The van der Waals surface area contributed by atoms with Gasteiger partial charge in [0.15, 0.2) is 0 Å². The summed E-state index contributed by atoms with van der Waals surface area (Å²) in [6, 6.07) is 10.6. The van der Waals surface area contributed by atoms with Crippen molar-refractivity contribution in [2.75, 3.05) is 0 Å². The Bertz CT molecular complexity index is 531. The normalized spacial score (nSPS) is 19.5. The van der Waals surface area contributed by atoms with Gasteiger partial charge in [-0.15, -0.1) is 0 Å². The molecule has 1 aliphatic carbocycles. The molecule has 0 fully saturated rings. The van der Waals surface area contributed by atoms with E-state index in [0.717, 1.165) is 18.4 Å². The molecule has 2 nitrogen and oxygen atoms in total. The molecule has 1 unspecified atom stereocenters. The van der Waals surface area contributed by atoms with E-state index in [0.29, 0.717) is 0 Å².